The molecule has 2 atom stereocenters. The molecule has 0 saturated carbocycles. The van der Waals surface area contributed by atoms with E-state index >= 15 is 0 Å². The van der Waals surface area contributed by atoms with Gasteiger partial charge in [0.25, 0.3) is 0 Å². The Kier molecular flexibility index (Phi) is 10.0. The maximum absolute atomic E-state index is 13.0. The van der Waals surface area contributed by atoms with Gasteiger partial charge in [-0.15, -0.1) is 11.8 Å². The Morgan fingerprint density at radius 3 is 2.37 bits per heavy atom. The summed E-state index contributed by atoms with van der Waals surface area (Å²) in [5, 5.41) is 4.29. The van der Waals surface area contributed by atoms with Crippen LogP contribution in [0.5, 0.6) is 0 Å². The Balaban J connectivity index is 2.07. The van der Waals surface area contributed by atoms with E-state index in [1.165, 1.54) is 11.8 Å². The lowest BCUT2D eigenvalue weighted by Gasteiger charge is -2.29. The molecule has 0 aliphatic rings. The topological polar surface area (TPSA) is 49.4 Å². The van der Waals surface area contributed by atoms with Gasteiger partial charge >= 0.3 is 0 Å². The number of amides is 2. The highest BCUT2D eigenvalue weighted by molar-refractivity contribution is 7.99. The van der Waals surface area contributed by atoms with Crippen LogP contribution in [0.25, 0.3) is 0 Å². The second-order valence-electron chi connectivity index (χ2n) is 7.26. The minimum Gasteiger partial charge on any atom is -0.352 e. The van der Waals surface area contributed by atoms with Crippen molar-refractivity contribution in [1.29, 1.82) is 0 Å². The van der Waals surface area contributed by atoms with Crippen molar-refractivity contribution in [3.8, 4) is 0 Å². The second kappa shape index (κ2) is 12.2. The molecule has 0 fully saturated rings. The quantitative estimate of drug-likeness (QED) is 0.498. The molecule has 0 unspecified atom stereocenters. The number of nitrogens with zero attached hydrogens (tertiary/aromatic N) is 1. The zero-order chi connectivity index (χ0) is 22.1. The van der Waals surface area contributed by atoms with E-state index in [9.17, 15) is 9.59 Å². The van der Waals surface area contributed by atoms with Crippen molar-refractivity contribution in [1.82, 2.24) is 10.2 Å². The third-order valence-corrected chi connectivity index (χ3v) is 6.29. The zero-order valence-electron chi connectivity index (χ0n) is 17.5. The number of carbonyl (C=O) groups is 2. The van der Waals surface area contributed by atoms with Gasteiger partial charge in [-0.1, -0.05) is 54.4 Å². The molecule has 0 radical (unpaired) electrons. The molecule has 30 heavy (non-hydrogen) atoms. The number of thioether (sulfide) groups is 1. The molecule has 0 aromatic heterocycles. The van der Waals surface area contributed by atoms with Gasteiger partial charge in [0.2, 0.25) is 11.8 Å². The van der Waals surface area contributed by atoms with Gasteiger partial charge in [-0.25, -0.2) is 0 Å². The van der Waals surface area contributed by atoms with Gasteiger partial charge in [0.1, 0.15) is 6.04 Å². The van der Waals surface area contributed by atoms with E-state index < -0.39 is 6.04 Å². The molecule has 162 valence electrons. The van der Waals surface area contributed by atoms with Crippen LogP contribution in [0.2, 0.25) is 10.0 Å². The molecule has 0 spiro atoms. The van der Waals surface area contributed by atoms with Crippen LogP contribution in [0, 0.1) is 0 Å². The third kappa shape index (κ3) is 7.86. The summed E-state index contributed by atoms with van der Waals surface area (Å²) in [6.45, 7) is 6.09. The van der Waals surface area contributed by atoms with Gasteiger partial charge in [0.15, 0.2) is 0 Å². The largest absolute Gasteiger partial charge is 0.352 e. The normalized spacial score (nSPS) is 12.8. The first-order chi connectivity index (χ1) is 14.3. The van der Waals surface area contributed by atoms with E-state index in [-0.39, 0.29) is 23.6 Å². The first-order valence-corrected chi connectivity index (χ1v) is 11.9. The van der Waals surface area contributed by atoms with E-state index in [2.05, 4.69) is 5.32 Å². The molecule has 4 nitrogen and oxygen atoms in total. The standard InChI is InChI=1S/C23H28Cl2N2O2S/c1-4-16(2)26-23(29)17(3)27(13-18-8-10-20(24)11-9-18)22(28)15-30-14-19-6-5-7-21(25)12-19/h5-12,16-17H,4,13-15H2,1-3H3,(H,26,29)/t16-,17+/m1/s1. The summed E-state index contributed by atoms with van der Waals surface area (Å²) < 4.78 is 0. The Morgan fingerprint density at radius 1 is 1.03 bits per heavy atom. The molecular weight excluding hydrogens is 439 g/mol. The summed E-state index contributed by atoms with van der Waals surface area (Å²) in [6, 6.07) is 14.4. The predicted molar refractivity (Wildman–Crippen MR) is 127 cm³/mol. The van der Waals surface area contributed by atoms with Crippen molar-refractivity contribution in [2.45, 2.75) is 51.6 Å². The molecule has 0 saturated heterocycles. The SMILES string of the molecule is CC[C@@H](C)NC(=O)[C@H](C)N(Cc1ccc(Cl)cc1)C(=O)CSCc1cccc(Cl)c1. The van der Waals surface area contributed by atoms with Crippen molar-refractivity contribution in [3.05, 3.63) is 69.7 Å². The zero-order valence-corrected chi connectivity index (χ0v) is 19.9. The third-order valence-electron chi connectivity index (χ3n) is 4.82. The number of hydrogen-bond donors (Lipinski definition) is 1. The molecule has 2 amide bonds. The Labute approximate surface area is 193 Å². The van der Waals surface area contributed by atoms with E-state index in [1.54, 1.807) is 24.0 Å². The Morgan fingerprint density at radius 2 is 1.73 bits per heavy atom. The number of halogens is 2. The number of nitrogens with one attached hydrogen (secondary N) is 1. The highest BCUT2D eigenvalue weighted by atomic mass is 35.5. The van der Waals surface area contributed by atoms with Crippen molar-refractivity contribution >= 4 is 46.8 Å². The number of benzene rings is 2. The predicted octanol–water partition coefficient (Wildman–Crippen LogP) is 5.56. The summed E-state index contributed by atoms with van der Waals surface area (Å²) in [4.78, 5) is 27.4. The van der Waals surface area contributed by atoms with E-state index in [0.717, 1.165) is 17.5 Å². The molecular formula is C23H28Cl2N2O2S. The molecule has 2 rings (SSSR count). The smallest absolute Gasteiger partial charge is 0.242 e. The van der Waals surface area contributed by atoms with E-state index in [1.807, 2.05) is 50.2 Å². The van der Waals surface area contributed by atoms with Crippen LogP contribution in [-0.4, -0.2) is 34.6 Å². The maximum Gasteiger partial charge on any atom is 0.242 e. The fraction of sp³-hybridized carbons (Fsp3) is 0.391. The average molecular weight is 467 g/mol. The summed E-state index contributed by atoms with van der Waals surface area (Å²) in [5.74, 6) is 0.727. The van der Waals surface area contributed by atoms with Crippen LogP contribution in [0.3, 0.4) is 0 Å². The number of hydrogen-bond acceptors (Lipinski definition) is 3. The van der Waals surface area contributed by atoms with Gasteiger partial charge in [0.05, 0.1) is 5.75 Å². The van der Waals surface area contributed by atoms with Crippen LogP contribution >= 0.6 is 35.0 Å². The highest BCUT2D eigenvalue weighted by Crippen LogP contribution is 2.19. The van der Waals surface area contributed by atoms with Crippen LogP contribution in [0.4, 0.5) is 0 Å². The first-order valence-electron chi connectivity index (χ1n) is 9.96. The Hall–Kier alpha value is -1.69. The minimum atomic E-state index is -0.575. The maximum atomic E-state index is 13.0. The molecule has 2 aromatic carbocycles. The monoisotopic (exact) mass is 466 g/mol. The molecule has 2 aromatic rings. The van der Waals surface area contributed by atoms with Gasteiger partial charge in [-0.3, -0.25) is 9.59 Å². The van der Waals surface area contributed by atoms with Gasteiger partial charge in [-0.2, -0.15) is 0 Å². The van der Waals surface area contributed by atoms with E-state index in [0.29, 0.717) is 22.3 Å². The molecule has 0 bridgehead atoms. The fourth-order valence-electron chi connectivity index (χ4n) is 2.80. The van der Waals surface area contributed by atoms with Crippen molar-refractivity contribution in [2.75, 3.05) is 5.75 Å². The first kappa shape index (κ1) is 24.6. The molecule has 1 N–H and O–H groups in total. The molecule has 0 aliphatic heterocycles. The summed E-state index contributed by atoms with van der Waals surface area (Å²) in [6.07, 6.45) is 0.832. The molecule has 7 heteroatoms. The lowest BCUT2D eigenvalue weighted by Crippen LogP contribution is -2.50. The van der Waals surface area contributed by atoms with Crippen LogP contribution in [0.1, 0.15) is 38.3 Å². The lowest BCUT2D eigenvalue weighted by atomic mass is 10.1. The number of rotatable bonds is 10. The van der Waals surface area contributed by atoms with E-state index in [4.69, 9.17) is 23.2 Å². The minimum absolute atomic E-state index is 0.0599. The number of carbonyl (C=O) groups excluding carboxylic acids is 2. The lowest BCUT2D eigenvalue weighted by molar-refractivity contribution is -0.138. The average Bonchev–Trinajstić information content (AvgIpc) is 2.72. The van der Waals surface area contributed by atoms with Gasteiger partial charge in [0, 0.05) is 28.4 Å². The van der Waals surface area contributed by atoms with Crippen LogP contribution in [-0.2, 0) is 21.9 Å². The van der Waals surface area contributed by atoms with Crippen molar-refractivity contribution in [3.63, 3.8) is 0 Å². The van der Waals surface area contributed by atoms with Crippen LogP contribution in [0.15, 0.2) is 48.5 Å². The molecule has 0 aliphatic carbocycles. The van der Waals surface area contributed by atoms with Gasteiger partial charge in [-0.05, 0) is 55.7 Å². The van der Waals surface area contributed by atoms with Crippen molar-refractivity contribution < 1.29 is 9.59 Å². The summed E-state index contributed by atoms with van der Waals surface area (Å²) >= 11 is 13.5. The summed E-state index contributed by atoms with van der Waals surface area (Å²) in [7, 11) is 0. The highest BCUT2D eigenvalue weighted by Gasteiger charge is 2.26. The molecule has 0 heterocycles. The van der Waals surface area contributed by atoms with Crippen LogP contribution < -0.4 is 5.32 Å². The second-order valence-corrected chi connectivity index (χ2v) is 9.12. The fourth-order valence-corrected chi connectivity index (χ4v) is 4.00. The van der Waals surface area contributed by atoms with Gasteiger partial charge < -0.3 is 10.2 Å². The summed E-state index contributed by atoms with van der Waals surface area (Å²) in [5.41, 5.74) is 1.99. The van der Waals surface area contributed by atoms with Crippen molar-refractivity contribution in [2.24, 2.45) is 0 Å². The Bertz CT molecular complexity index is 845.